The second kappa shape index (κ2) is 14.0. The molecule has 1 aromatic heterocycles. The van der Waals surface area contributed by atoms with E-state index in [2.05, 4.69) is 24.3 Å². The van der Waals surface area contributed by atoms with Crippen molar-refractivity contribution in [1.82, 2.24) is 0 Å². The molecular weight excluding hydrogens is 687 g/mol. The first kappa shape index (κ1) is 32.6. The van der Waals surface area contributed by atoms with Gasteiger partial charge in [0.05, 0.1) is 0 Å². The summed E-state index contributed by atoms with van der Waals surface area (Å²) < 4.78 is 0. The number of hydrogen-bond acceptors (Lipinski definition) is 3. The lowest BCUT2D eigenvalue weighted by Gasteiger charge is -2.22. The van der Waals surface area contributed by atoms with Crippen LogP contribution in [0.1, 0.15) is 31.8 Å². The van der Waals surface area contributed by atoms with Gasteiger partial charge in [-0.2, -0.15) is 0 Å². The predicted octanol–water partition coefficient (Wildman–Crippen LogP) is 13.3. The van der Waals surface area contributed by atoms with Crippen LogP contribution in [0, 0.1) is 0 Å². The van der Waals surface area contributed by atoms with Crippen LogP contribution in [-0.2, 0) is 0 Å². The minimum Gasteiger partial charge on any atom is -0.289 e. The maximum atomic E-state index is 15.3. The maximum absolute atomic E-state index is 15.3. The van der Waals surface area contributed by atoms with Gasteiger partial charge in [0.15, 0.2) is 11.6 Å². The first-order chi connectivity index (χ1) is 25.0. The summed E-state index contributed by atoms with van der Waals surface area (Å²) in [5, 5.41) is 2.87. The quantitative estimate of drug-likeness (QED) is 0.147. The number of halogens is 2. The van der Waals surface area contributed by atoms with Gasteiger partial charge in [-0.3, -0.25) is 9.59 Å². The maximum Gasteiger partial charge on any atom is 0.194 e. The van der Waals surface area contributed by atoms with Gasteiger partial charge in [0.2, 0.25) is 0 Å². The molecule has 0 unspecified atom stereocenters. The zero-order valence-corrected chi connectivity index (χ0v) is 29.5. The Morgan fingerprint density at radius 1 is 0.373 bits per heavy atom. The molecule has 7 aromatic carbocycles. The molecule has 0 bridgehead atoms. The Bertz CT molecular complexity index is 2350. The summed E-state index contributed by atoms with van der Waals surface area (Å²) in [5.41, 5.74) is 6.66. The Kier molecular flexibility index (Phi) is 8.93. The molecule has 51 heavy (non-hydrogen) atoms. The summed E-state index contributed by atoms with van der Waals surface area (Å²) in [7, 11) is 0. The zero-order chi connectivity index (χ0) is 34.9. The molecule has 0 saturated heterocycles. The van der Waals surface area contributed by atoms with Gasteiger partial charge in [-0.25, -0.2) is 0 Å². The summed E-state index contributed by atoms with van der Waals surface area (Å²) in [6.45, 7) is 0. The number of benzene rings is 7. The van der Waals surface area contributed by atoms with Crippen LogP contribution >= 0.6 is 34.5 Å². The van der Waals surface area contributed by atoms with Crippen molar-refractivity contribution in [2.75, 3.05) is 0 Å². The van der Waals surface area contributed by atoms with E-state index in [1.54, 1.807) is 59.9 Å². The highest BCUT2D eigenvalue weighted by molar-refractivity contribution is 7.21. The van der Waals surface area contributed by atoms with E-state index in [1.165, 1.54) is 0 Å². The largest absolute Gasteiger partial charge is 0.289 e. The Morgan fingerprint density at radius 2 is 0.667 bits per heavy atom. The van der Waals surface area contributed by atoms with Crippen LogP contribution < -0.4 is 0 Å². The van der Waals surface area contributed by atoms with E-state index in [4.69, 9.17) is 23.2 Å². The number of carbonyl (C=O) groups is 2. The highest BCUT2D eigenvalue weighted by Crippen LogP contribution is 2.54. The van der Waals surface area contributed by atoms with Crippen molar-refractivity contribution in [3.63, 3.8) is 0 Å². The molecule has 0 aliphatic carbocycles. The number of thiophene rings is 1. The fourth-order valence-electron chi connectivity index (χ4n) is 6.73. The van der Waals surface area contributed by atoms with Crippen LogP contribution in [0.25, 0.3) is 53.9 Å². The first-order valence-electron chi connectivity index (χ1n) is 16.5. The van der Waals surface area contributed by atoms with Crippen LogP contribution in [0.3, 0.4) is 0 Å². The molecule has 0 N–H and O–H groups in total. The fourth-order valence-corrected chi connectivity index (χ4v) is 8.30. The molecule has 8 rings (SSSR count). The predicted molar refractivity (Wildman–Crippen MR) is 213 cm³/mol. The summed E-state index contributed by atoms with van der Waals surface area (Å²) in [5.74, 6) is -0.540. The topological polar surface area (TPSA) is 34.1 Å². The van der Waals surface area contributed by atoms with E-state index in [0.29, 0.717) is 43.4 Å². The Morgan fingerprint density at radius 3 is 0.980 bits per heavy atom. The van der Waals surface area contributed by atoms with Gasteiger partial charge in [-0.05, 0) is 70.8 Å². The molecule has 0 radical (unpaired) electrons. The first-order valence-corrected chi connectivity index (χ1v) is 18.1. The van der Waals surface area contributed by atoms with Crippen LogP contribution in [0.5, 0.6) is 0 Å². The van der Waals surface area contributed by atoms with E-state index < -0.39 is 0 Å². The molecule has 0 aliphatic heterocycles. The number of ketones is 2. The number of hydrogen-bond donors (Lipinski definition) is 0. The molecular formula is C46H28Cl2O2S. The molecule has 0 atom stereocenters. The van der Waals surface area contributed by atoms with Crippen LogP contribution in [0.15, 0.2) is 170 Å². The summed E-state index contributed by atoms with van der Waals surface area (Å²) in [6, 6.07) is 54.1. The third-order valence-corrected chi connectivity index (χ3v) is 10.8. The van der Waals surface area contributed by atoms with Crippen LogP contribution in [0.4, 0.5) is 0 Å². The van der Waals surface area contributed by atoms with Crippen molar-refractivity contribution >= 4 is 56.9 Å². The number of rotatable bonds is 8. The lowest BCUT2D eigenvalue weighted by molar-refractivity contribution is 0.100. The molecule has 0 saturated carbocycles. The average Bonchev–Trinajstić information content (AvgIpc) is 3.58. The van der Waals surface area contributed by atoms with Crippen molar-refractivity contribution in [2.45, 2.75) is 0 Å². The number of fused-ring (bicyclic) bond motifs is 1. The molecule has 1 heterocycles. The molecule has 2 nitrogen and oxygen atoms in total. The van der Waals surface area contributed by atoms with Crippen molar-refractivity contribution in [1.29, 1.82) is 0 Å². The second-order valence-corrected chi connectivity index (χ2v) is 14.0. The molecule has 0 fully saturated rings. The fraction of sp³-hybridized carbons (Fsp3) is 0. The summed E-state index contributed by atoms with van der Waals surface area (Å²) >= 11 is 14.3. The van der Waals surface area contributed by atoms with Crippen molar-refractivity contribution in [2.24, 2.45) is 0 Å². The number of carbonyl (C=O) groups excluding carboxylic acids is 2. The summed E-state index contributed by atoms with van der Waals surface area (Å²) in [6.07, 6.45) is 0. The zero-order valence-electron chi connectivity index (χ0n) is 27.1. The minimum absolute atomic E-state index is 0.270. The third-order valence-electron chi connectivity index (χ3n) is 9.02. The molecule has 0 spiro atoms. The van der Waals surface area contributed by atoms with Gasteiger partial charge in [0.25, 0.3) is 0 Å². The lowest BCUT2D eigenvalue weighted by Crippen LogP contribution is -2.15. The minimum atomic E-state index is -0.270. The van der Waals surface area contributed by atoms with Crippen LogP contribution in [-0.4, -0.2) is 11.6 Å². The monoisotopic (exact) mass is 714 g/mol. The standard InChI is InChI=1S/C46H28Cl2O2S/c47-35-25-21-31(22-26-35)43(49)39-37(29-13-5-1-6-14-29)41-42(46(34-19-11-4-12-20-34)51-45(41)33-17-9-3-10-18-33)38(30-15-7-2-8-16-30)40(39)44(50)32-23-27-36(48)28-24-32/h1-28H. The Balaban J connectivity index is 1.66. The van der Waals surface area contributed by atoms with Gasteiger partial charge in [-0.15, -0.1) is 11.3 Å². The molecule has 0 amide bonds. The van der Waals surface area contributed by atoms with E-state index in [9.17, 15) is 0 Å². The molecule has 244 valence electrons. The van der Waals surface area contributed by atoms with E-state index in [0.717, 1.165) is 42.8 Å². The lowest BCUT2D eigenvalue weighted by atomic mass is 9.78. The van der Waals surface area contributed by atoms with Crippen molar-refractivity contribution < 1.29 is 9.59 Å². The molecule has 8 aromatic rings. The van der Waals surface area contributed by atoms with Gasteiger partial charge in [-0.1, -0.05) is 145 Å². The van der Waals surface area contributed by atoms with Gasteiger partial charge < -0.3 is 0 Å². The normalized spacial score (nSPS) is 11.1. The third kappa shape index (κ3) is 6.11. The highest BCUT2D eigenvalue weighted by atomic mass is 35.5. The molecule has 0 aliphatic rings. The Labute approximate surface area is 310 Å². The average molecular weight is 716 g/mol. The van der Waals surface area contributed by atoms with Crippen molar-refractivity contribution in [3.8, 4) is 43.1 Å². The van der Waals surface area contributed by atoms with E-state index in [1.807, 2.05) is 97.1 Å². The van der Waals surface area contributed by atoms with Gasteiger partial charge >= 0.3 is 0 Å². The van der Waals surface area contributed by atoms with Gasteiger partial charge in [0, 0.05) is 64.0 Å². The summed E-state index contributed by atoms with van der Waals surface area (Å²) in [4.78, 5) is 32.6. The van der Waals surface area contributed by atoms with E-state index >= 15 is 9.59 Å². The highest BCUT2D eigenvalue weighted by Gasteiger charge is 2.34. The van der Waals surface area contributed by atoms with Crippen molar-refractivity contribution in [3.05, 3.63) is 202 Å². The molecule has 5 heteroatoms. The van der Waals surface area contributed by atoms with Crippen LogP contribution in [0.2, 0.25) is 10.0 Å². The second-order valence-electron chi connectivity index (χ2n) is 12.1. The smallest absolute Gasteiger partial charge is 0.194 e. The van der Waals surface area contributed by atoms with E-state index in [-0.39, 0.29) is 11.6 Å². The van der Waals surface area contributed by atoms with Gasteiger partial charge in [0.1, 0.15) is 0 Å². The Hall–Kier alpha value is -5.58. The SMILES string of the molecule is O=C(c1ccc(Cl)cc1)c1c(C(=O)c2ccc(Cl)cc2)c(-c2ccccc2)c2c(-c3ccccc3)sc(-c3ccccc3)c2c1-c1ccccc1.